The van der Waals surface area contributed by atoms with E-state index in [1.807, 2.05) is 25.1 Å². The number of carboxylic acid groups (broad SMARTS) is 1. The Morgan fingerprint density at radius 1 is 1.44 bits per heavy atom. The van der Waals surface area contributed by atoms with Gasteiger partial charge in [0, 0.05) is 5.02 Å². The Morgan fingerprint density at radius 2 is 2.17 bits per heavy atom. The van der Waals surface area contributed by atoms with Gasteiger partial charge < -0.3 is 5.11 Å². The summed E-state index contributed by atoms with van der Waals surface area (Å²) < 4.78 is 1.53. The predicted octanol–water partition coefficient (Wildman–Crippen LogP) is 2.29. The molecule has 0 aliphatic rings. The Bertz CT molecular complexity index is 607. The van der Waals surface area contributed by atoms with E-state index in [4.69, 9.17) is 16.7 Å². The number of aromatic carboxylic acids is 1. The van der Waals surface area contributed by atoms with E-state index >= 15 is 0 Å². The summed E-state index contributed by atoms with van der Waals surface area (Å²) >= 11 is 6.12. The van der Waals surface area contributed by atoms with Crippen LogP contribution in [0.25, 0.3) is 0 Å². The molecule has 0 radical (unpaired) electrons. The Hall–Kier alpha value is -1.88. The SMILES string of the molecule is Cc1ccc(Cn2nnc(C(=O)O)c2C)c(Cl)c1. The molecule has 94 valence electrons. The number of carbonyl (C=O) groups is 1. The summed E-state index contributed by atoms with van der Waals surface area (Å²) in [6, 6.07) is 5.71. The van der Waals surface area contributed by atoms with E-state index in [9.17, 15) is 4.79 Å². The van der Waals surface area contributed by atoms with Crippen LogP contribution in [-0.4, -0.2) is 26.1 Å². The highest BCUT2D eigenvalue weighted by Gasteiger charge is 2.15. The number of carboxylic acids is 1. The van der Waals surface area contributed by atoms with E-state index in [1.165, 1.54) is 4.68 Å². The van der Waals surface area contributed by atoms with Crippen molar-refractivity contribution in [2.45, 2.75) is 20.4 Å². The van der Waals surface area contributed by atoms with E-state index in [1.54, 1.807) is 6.92 Å². The molecule has 1 N–H and O–H groups in total. The maximum absolute atomic E-state index is 10.9. The van der Waals surface area contributed by atoms with E-state index in [-0.39, 0.29) is 5.69 Å². The number of rotatable bonds is 3. The quantitative estimate of drug-likeness (QED) is 0.925. The van der Waals surface area contributed by atoms with Crippen molar-refractivity contribution in [1.82, 2.24) is 15.0 Å². The molecule has 0 bridgehead atoms. The van der Waals surface area contributed by atoms with Crippen LogP contribution in [0.15, 0.2) is 18.2 Å². The smallest absolute Gasteiger partial charge is 0.358 e. The molecule has 0 amide bonds. The molecular formula is C12H12ClN3O2. The molecule has 5 nitrogen and oxygen atoms in total. The van der Waals surface area contributed by atoms with Crippen molar-refractivity contribution in [2.24, 2.45) is 0 Å². The van der Waals surface area contributed by atoms with Crippen LogP contribution in [0.3, 0.4) is 0 Å². The largest absolute Gasteiger partial charge is 0.476 e. The molecule has 18 heavy (non-hydrogen) atoms. The first-order chi connectivity index (χ1) is 8.49. The molecule has 0 atom stereocenters. The second kappa shape index (κ2) is 4.78. The molecule has 1 heterocycles. The van der Waals surface area contributed by atoms with Crippen LogP contribution >= 0.6 is 11.6 Å². The molecule has 0 fully saturated rings. The van der Waals surface area contributed by atoms with Crippen LogP contribution in [0.4, 0.5) is 0 Å². The van der Waals surface area contributed by atoms with Gasteiger partial charge in [0.1, 0.15) is 0 Å². The van der Waals surface area contributed by atoms with Gasteiger partial charge in [0.25, 0.3) is 0 Å². The van der Waals surface area contributed by atoms with E-state index in [2.05, 4.69) is 10.3 Å². The molecule has 6 heteroatoms. The third-order valence-electron chi connectivity index (χ3n) is 2.71. The van der Waals surface area contributed by atoms with Crippen molar-refractivity contribution in [2.75, 3.05) is 0 Å². The number of nitrogens with zero attached hydrogens (tertiary/aromatic N) is 3. The lowest BCUT2D eigenvalue weighted by molar-refractivity contribution is 0.0689. The average molecular weight is 266 g/mol. The van der Waals surface area contributed by atoms with Crippen molar-refractivity contribution >= 4 is 17.6 Å². The minimum Gasteiger partial charge on any atom is -0.476 e. The van der Waals surface area contributed by atoms with Gasteiger partial charge in [0.2, 0.25) is 0 Å². The zero-order valence-corrected chi connectivity index (χ0v) is 10.8. The van der Waals surface area contributed by atoms with Crippen molar-refractivity contribution in [3.8, 4) is 0 Å². The number of aryl methyl sites for hydroxylation is 1. The summed E-state index contributed by atoms with van der Waals surface area (Å²) in [5.41, 5.74) is 2.44. The van der Waals surface area contributed by atoms with Crippen LogP contribution in [0, 0.1) is 13.8 Å². The van der Waals surface area contributed by atoms with Crippen molar-refractivity contribution in [1.29, 1.82) is 0 Å². The van der Waals surface area contributed by atoms with Crippen molar-refractivity contribution in [3.63, 3.8) is 0 Å². The first-order valence-corrected chi connectivity index (χ1v) is 5.75. The second-order valence-electron chi connectivity index (χ2n) is 4.08. The highest BCUT2D eigenvalue weighted by atomic mass is 35.5. The molecule has 0 aliphatic heterocycles. The van der Waals surface area contributed by atoms with E-state index in [0.717, 1.165) is 11.1 Å². The van der Waals surface area contributed by atoms with Gasteiger partial charge in [-0.25, -0.2) is 9.48 Å². The number of benzene rings is 1. The van der Waals surface area contributed by atoms with Crippen LogP contribution in [0.5, 0.6) is 0 Å². The molecule has 2 rings (SSSR count). The second-order valence-corrected chi connectivity index (χ2v) is 4.49. The van der Waals surface area contributed by atoms with Gasteiger partial charge in [-0.3, -0.25) is 0 Å². The maximum Gasteiger partial charge on any atom is 0.358 e. The third-order valence-corrected chi connectivity index (χ3v) is 3.07. The number of hydrogen-bond acceptors (Lipinski definition) is 3. The summed E-state index contributed by atoms with van der Waals surface area (Å²) in [6.45, 7) is 4.04. The molecule has 1 aromatic carbocycles. The molecule has 0 saturated carbocycles. The topological polar surface area (TPSA) is 68.0 Å². The van der Waals surface area contributed by atoms with Gasteiger partial charge in [-0.15, -0.1) is 5.10 Å². The van der Waals surface area contributed by atoms with Crippen molar-refractivity contribution in [3.05, 3.63) is 45.7 Å². The summed E-state index contributed by atoms with van der Waals surface area (Å²) in [4.78, 5) is 10.9. The van der Waals surface area contributed by atoms with E-state index < -0.39 is 5.97 Å². The first kappa shape index (κ1) is 12.6. The Morgan fingerprint density at radius 3 is 2.72 bits per heavy atom. The molecule has 0 unspecified atom stereocenters. The molecule has 0 spiro atoms. The van der Waals surface area contributed by atoms with Gasteiger partial charge in [-0.2, -0.15) is 0 Å². The normalized spacial score (nSPS) is 10.6. The highest BCUT2D eigenvalue weighted by molar-refractivity contribution is 6.31. The molecule has 1 aromatic heterocycles. The minimum absolute atomic E-state index is 0.0294. The molecule has 0 aliphatic carbocycles. The van der Waals surface area contributed by atoms with E-state index in [0.29, 0.717) is 17.3 Å². The van der Waals surface area contributed by atoms with Gasteiger partial charge in [-0.1, -0.05) is 28.9 Å². The fourth-order valence-electron chi connectivity index (χ4n) is 1.65. The number of halogens is 1. The standard InChI is InChI=1S/C12H12ClN3O2/c1-7-3-4-9(10(13)5-7)6-16-8(2)11(12(17)18)14-15-16/h3-5H,6H2,1-2H3,(H,17,18). The number of aromatic nitrogens is 3. The summed E-state index contributed by atoms with van der Waals surface area (Å²) in [5.74, 6) is -1.08. The highest BCUT2D eigenvalue weighted by Crippen LogP contribution is 2.19. The van der Waals surface area contributed by atoms with Crippen LogP contribution in [-0.2, 0) is 6.54 Å². The average Bonchev–Trinajstić information content (AvgIpc) is 2.64. The molecule has 2 aromatic rings. The van der Waals surface area contributed by atoms with Gasteiger partial charge in [0.05, 0.1) is 12.2 Å². The summed E-state index contributed by atoms with van der Waals surface area (Å²) in [6.07, 6.45) is 0. The monoisotopic (exact) mass is 265 g/mol. The lowest BCUT2D eigenvalue weighted by Gasteiger charge is -2.06. The Balaban J connectivity index is 2.32. The Labute approximate surface area is 109 Å². The fourth-order valence-corrected chi connectivity index (χ4v) is 1.94. The summed E-state index contributed by atoms with van der Waals surface area (Å²) in [5, 5.41) is 17.0. The minimum atomic E-state index is -1.08. The van der Waals surface area contributed by atoms with Crippen molar-refractivity contribution < 1.29 is 9.90 Å². The maximum atomic E-state index is 10.9. The first-order valence-electron chi connectivity index (χ1n) is 5.37. The van der Waals surface area contributed by atoms with Crippen LogP contribution in [0.2, 0.25) is 5.02 Å². The third kappa shape index (κ3) is 2.36. The summed E-state index contributed by atoms with van der Waals surface area (Å²) in [7, 11) is 0. The van der Waals surface area contributed by atoms with Gasteiger partial charge in [-0.05, 0) is 31.0 Å². The zero-order valence-electron chi connectivity index (χ0n) is 10.0. The van der Waals surface area contributed by atoms with Gasteiger partial charge in [0.15, 0.2) is 5.69 Å². The lowest BCUT2D eigenvalue weighted by atomic mass is 10.1. The van der Waals surface area contributed by atoms with Crippen LogP contribution < -0.4 is 0 Å². The zero-order chi connectivity index (χ0) is 13.3. The predicted molar refractivity (Wildman–Crippen MR) is 67.0 cm³/mol. The molecular weight excluding hydrogens is 254 g/mol. The molecule has 0 saturated heterocycles. The van der Waals surface area contributed by atoms with Crippen LogP contribution in [0.1, 0.15) is 27.3 Å². The van der Waals surface area contributed by atoms with Gasteiger partial charge >= 0.3 is 5.97 Å². The lowest BCUT2D eigenvalue weighted by Crippen LogP contribution is -2.06. The Kier molecular flexibility index (Phi) is 3.34. The number of hydrogen-bond donors (Lipinski definition) is 1. The fraction of sp³-hybridized carbons (Fsp3) is 0.250.